The Bertz CT molecular complexity index is 964. The molecule has 1 amide bonds. The number of carbonyl (C=O) groups is 1. The van der Waals surface area contributed by atoms with Gasteiger partial charge in [-0.2, -0.15) is 5.26 Å². The summed E-state index contributed by atoms with van der Waals surface area (Å²) in [6, 6.07) is 8.74. The molecule has 1 rings (SSSR count). The number of thioether (sulfide) groups is 1. The van der Waals surface area contributed by atoms with Crippen LogP contribution in [0.2, 0.25) is 5.02 Å². The quantitative estimate of drug-likeness (QED) is 0.109. The van der Waals surface area contributed by atoms with Crippen molar-refractivity contribution in [2.45, 2.75) is 26.0 Å². The number of oxime groups is 1. The van der Waals surface area contributed by atoms with Crippen LogP contribution < -0.4 is 5.32 Å². The molecule has 0 saturated carbocycles. The summed E-state index contributed by atoms with van der Waals surface area (Å²) >= 11 is 13.8. The fourth-order valence-corrected chi connectivity index (χ4v) is 7.91. The van der Waals surface area contributed by atoms with Gasteiger partial charge in [-0.15, -0.1) is 11.8 Å². The molecule has 0 spiro atoms. The summed E-state index contributed by atoms with van der Waals surface area (Å²) in [7, 11) is 4.33. The van der Waals surface area contributed by atoms with Gasteiger partial charge in [-0.05, 0) is 38.2 Å². The van der Waals surface area contributed by atoms with Crippen molar-refractivity contribution in [3.8, 4) is 6.07 Å². The number of halogens is 1. The van der Waals surface area contributed by atoms with E-state index >= 15 is 0 Å². The van der Waals surface area contributed by atoms with Gasteiger partial charge >= 0.3 is 13.5 Å². The minimum absolute atomic E-state index is 0.00309. The molecule has 0 heterocycles. The molecule has 0 radical (unpaired) electrons. The topological polar surface area (TPSA) is 128 Å². The lowest BCUT2D eigenvalue weighted by Gasteiger charge is -2.17. The van der Waals surface area contributed by atoms with Crippen LogP contribution in [-0.2, 0) is 43.9 Å². The van der Waals surface area contributed by atoms with E-state index in [1.54, 1.807) is 45.2 Å². The van der Waals surface area contributed by atoms with Crippen molar-refractivity contribution >= 4 is 71.7 Å². The lowest BCUT2D eigenvalue weighted by Crippen LogP contribution is -2.27. The van der Waals surface area contributed by atoms with Crippen molar-refractivity contribution in [1.29, 1.82) is 5.26 Å². The fraction of sp³-hybridized carbons (Fsp3) is 0.550. The van der Waals surface area contributed by atoms with Crippen LogP contribution in [0, 0.1) is 11.3 Å². The molecule has 16 heteroatoms. The van der Waals surface area contributed by atoms with Gasteiger partial charge in [-0.1, -0.05) is 35.0 Å². The number of benzene rings is 1. The Morgan fingerprint density at radius 2 is 1.81 bits per heavy atom. The number of rotatable bonds is 15. The molecule has 0 aliphatic rings. The second kappa shape index (κ2) is 19.4. The van der Waals surface area contributed by atoms with Gasteiger partial charge < -0.3 is 19.0 Å². The van der Waals surface area contributed by atoms with Gasteiger partial charge in [0.25, 0.3) is 0 Å². The van der Waals surface area contributed by atoms with Gasteiger partial charge in [0.15, 0.2) is 5.71 Å². The molecule has 36 heavy (non-hydrogen) atoms. The largest absolute Gasteiger partial charge is 0.402 e. The summed E-state index contributed by atoms with van der Waals surface area (Å²) in [5.41, 5.74) is 0.482. The first kappa shape index (κ1) is 35.4. The highest BCUT2D eigenvalue weighted by molar-refractivity contribution is 8.55. The Labute approximate surface area is 231 Å². The number of carbonyl (C=O) groups excluding carboxylic acids is 1. The number of amides is 1. The van der Waals surface area contributed by atoms with E-state index < -0.39 is 13.5 Å². The number of nitrogens with one attached hydrogen (secondary N) is 1. The van der Waals surface area contributed by atoms with Gasteiger partial charge in [-0.25, -0.2) is 4.57 Å². The molecule has 0 aliphatic heterocycles. The molecule has 204 valence electrons. The van der Waals surface area contributed by atoms with Crippen LogP contribution in [-0.4, -0.2) is 62.9 Å². The highest BCUT2D eigenvalue weighted by Gasteiger charge is 2.22. The van der Waals surface area contributed by atoms with Gasteiger partial charge in [0.05, 0.1) is 23.5 Å². The summed E-state index contributed by atoms with van der Waals surface area (Å²) in [6.07, 6.45) is 0. The van der Waals surface area contributed by atoms with E-state index in [0.29, 0.717) is 29.6 Å². The van der Waals surface area contributed by atoms with E-state index in [9.17, 15) is 9.36 Å². The SMILES string of the molecule is CCOP(=S)(OCC)O/N=C(\C#N)c1ccccc1Cl.CNC(=O)C(C)SCCSP(=O)(OC)OC. The summed E-state index contributed by atoms with van der Waals surface area (Å²) < 4.78 is 36.8. The smallest absolute Gasteiger partial charge is 0.358 e. The van der Waals surface area contributed by atoms with Crippen molar-refractivity contribution in [2.75, 3.05) is 46.0 Å². The van der Waals surface area contributed by atoms with Gasteiger partial charge in [0, 0.05) is 50.1 Å². The van der Waals surface area contributed by atoms with Gasteiger partial charge in [0.1, 0.15) is 6.07 Å². The molecule has 1 N–H and O–H groups in total. The zero-order valence-electron chi connectivity index (χ0n) is 21.0. The second-order valence-electron chi connectivity index (χ2n) is 6.17. The highest BCUT2D eigenvalue weighted by atomic mass is 35.5. The number of nitrogens with zero attached hydrogens (tertiary/aromatic N) is 2. The predicted octanol–water partition coefficient (Wildman–Crippen LogP) is 5.87. The summed E-state index contributed by atoms with van der Waals surface area (Å²) in [5.74, 6) is 1.33. The fourth-order valence-electron chi connectivity index (χ4n) is 2.11. The molecule has 1 unspecified atom stereocenters. The summed E-state index contributed by atoms with van der Waals surface area (Å²) in [5, 5.41) is 15.8. The van der Waals surface area contributed by atoms with Crippen LogP contribution in [0.1, 0.15) is 26.3 Å². The van der Waals surface area contributed by atoms with E-state index in [1.807, 2.05) is 13.0 Å². The van der Waals surface area contributed by atoms with E-state index in [0.717, 1.165) is 17.1 Å². The molecular formula is C20H32ClN3O7P2S3. The molecule has 10 nitrogen and oxygen atoms in total. The first-order valence-electron chi connectivity index (χ1n) is 10.5. The molecule has 1 atom stereocenters. The molecule has 0 fully saturated rings. The monoisotopic (exact) mass is 619 g/mol. The minimum atomic E-state index is -2.97. The van der Waals surface area contributed by atoms with E-state index in [4.69, 9.17) is 51.4 Å². The Hall–Kier alpha value is -0.640. The average molecular weight is 620 g/mol. The maximum atomic E-state index is 11.6. The van der Waals surface area contributed by atoms with E-state index in [1.165, 1.54) is 26.0 Å². The van der Waals surface area contributed by atoms with Crippen molar-refractivity contribution in [1.82, 2.24) is 5.32 Å². The third-order valence-corrected chi connectivity index (χ3v) is 11.8. The Balaban J connectivity index is 0.000000700. The maximum absolute atomic E-state index is 11.6. The highest BCUT2D eigenvalue weighted by Crippen LogP contribution is 2.59. The van der Waals surface area contributed by atoms with Crippen LogP contribution in [0.3, 0.4) is 0 Å². The van der Waals surface area contributed by atoms with Crippen LogP contribution in [0.5, 0.6) is 0 Å². The third-order valence-electron chi connectivity index (χ3n) is 3.80. The normalized spacial score (nSPS) is 12.7. The van der Waals surface area contributed by atoms with Crippen molar-refractivity contribution in [3.05, 3.63) is 34.9 Å². The van der Waals surface area contributed by atoms with Crippen LogP contribution in [0.25, 0.3) is 0 Å². The van der Waals surface area contributed by atoms with E-state index in [2.05, 4.69) is 10.5 Å². The number of nitriles is 1. The van der Waals surface area contributed by atoms with Crippen LogP contribution >= 0.6 is 48.3 Å². The average Bonchev–Trinajstić information content (AvgIpc) is 2.87. The first-order chi connectivity index (χ1) is 17.0. The molecule has 0 saturated heterocycles. The summed E-state index contributed by atoms with van der Waals surface area (Å²) in [6.45, 7) is 0.103. The van der Waals surface area contributed by atoms with Crippen molar-refractivity contribution in [2.24, 2.45) is 5.16 Å². The van der Waals surface area contributed by atoms with Gasteiger partial charge in [-0.3, -0.25) is 13.8 Å². The van der Waals surface area contributed by atoms with Gasteiger partial charge in [0.2, 0.25) is 5.91 Å². The Kier molecular flexibility index (Phi) is 19.1. The molecule has 1 aromatic rings. The Morgan fingerprint density at radius 1 is 1.22 bits per heavy atom. The third kappa shape index (κ3) is 13.8. The zero-order valence-corrected chi connectivity index (χ0v) is 26.0. The number of hydrogen-bond acceptors (Lipinski definition) is 12. The first-order valence-corrected chi connectivity index (χ1v) is 17.7. The zero-order chi connectivity index (χ0) is 27.6. The Morgan fingerprint density at radius 3 is 2.28 bits per heavy atom. The van der Waals surface area contributed by atoms with Crippen LogP contribution in [0.4, 0.5) is 0 Å². The van der Waals surface area contributed by atoms with Crippen molar-refractivity contribution < 1.29 is 32.1 Å². The van der Waals surface area contributed by atoms with Crippen molar-refractivity contribution in [3.63, 3.8) is 0 Å². The molecule has 0 bridgehead atoms. The second-order valence-corrected chi connectivity index (χ2v) is 15.3. The molecule has 0 aromatic heterocycles. The summed E-state index contributed by atoms with van der Waals surface area (Å²) in [4.78, 5) is 11.2. The lowest BCUT2D eigenvalue weighted by atomic mass is 10.1. The van der Waals surface area contributed by atoms with Crippen LogP contribution in [0.15, 0.2) is 29.4 Å². The predicted molar refractivity (Wildman–Crippen MR) is 152 cm³/mol. The maximum Gasteiger partial charge on any atom is 0.402 e. The molecule has 0 aliphatic carbocycles. The lowest BCUT2D eigenvalue weighted by molar-refractivity contribution is -0.119. The molecular weight excluding hydrogens is 588 g/mol. The minimum Gasteiger partial charge on any atom is -0.358 e. The standard InChI is InChI=1S/C12H14ClN2O3PS.C8H18NO4PS2/c1-3-16-19(20,17-4-2)18-15-12(9-14)10-7-5-6-8-11(10)13;1-7(8(10)9-2)15-5-6-16-14(11,12-3)13-4/h5-8H,3-4H2,1-2H3;7H,5-6H2,1-4H3,(H,9,10)/b15-12+;. The molecule has 1 aromatic carbocycles. The van der Waals surface area contributed by atoms with E-state index in [-0.39, 0.29) is 16.9 Å². The number of hydrogen-bond donors (Lipinski definition) is 1.